The van der Waals surface area contributed by atoms with Crippen LogP contribution in [0.2, 0.25) is 0 Å². The molecule has 0 radical (unpaired) electrons. The van der Waals surface area contributed by atoms with Crippen LogP contribution >= 0.6 is 11.3 Å². The van der Waals surface area contributed by atoms with Crippen molar-refractivity contribution in [1.82, 2.24) is 14.6 Å². The van der Waals surface area contributed by atoms with Gasteiger partial charge in [-0.1, -0.05) is 11.3 Å². The molecular weight excluding hydrogens is 371 g/mol. The highest BCUT2D eigenvalue weighted by atomic mass is 32.1. The molecule has 0 unspecified atom stereocenters. The van der Waals surface area contributed by atoms with Crippen molar-refractivity contribution >= 4 is 16.3 Å². The Morgan fingerprint density at radius 1 is 1.19 bits per heavy atom. The van der Waals surface area contributed by atoms with Crippen LogP contribution in [0.25, 0.3) is 4.96 Å². The van der Waals surface area contributed by atoms with Crippen LogP contribution in [0.1, 0.15) is 29.3 Å². The second-order valence-corrected chi connectivity index (χ2v) is 8.00. The highest BCUT2D eigenvalue weighted by molar-refractivity contribution is 7.17. The number of rotatable bonds is 3. The van der Waals surface area contributed by atoms with Gasteiger partial charge in [-0.15, -0.1) is 0 Å². The van der Waals surface area contributed by atoms with Crippen LogP contribution in [0, 0.1) is 5.82 Å². The van der Waals surface area contributed by atoms with Crippen molar-refractivity contribution in [2.75, 3.05) is 26.3 Å². The third-order valence-electron chi connectivity index (χ3n) is 5.48. The van der Waals surface area contributed by atoms with E-state index in [4.69, 9.17) is 9.47 Å². The van der Waals surface area contributed by atoms with Gasteiger partial charge in [-0.25, -0.2) is 9.37 Å². The number of halogens is 1. The molecule has 0 saturated carbocycles. The van der Waals surface area contributed by atoms with Crippen LogP contribution in [0.4, 0.5) is 4.39 Å². The average Bonchev–Trinajstić information content (AvgIpc) is 3.39. The van der Waals surface area contributed by atoms with Gasteiger partial charge in [0, 0.05) is 5.56 Å². The zero-order chi connectivity index (χ0) is 18.4. The molecule has 0 amide bonds. The van der Waals surface area contributed by atoms with Gasteiger partial charge >= 0.3 is 0 Å². The van der Waals surface area contributed by atoms with E-state index in [0.717, 1.165) is 36.4 Å². The molecule has 1 atom stereocenters. The average molecular weight is 391 g/mol. The van der Waals surface area contributed by atoms with E-state index in [9.17, 15) is 9.50 Å². The van der Waals surface area contributed by atoms with Crippen LogP contribution in [-0.4, -0.2) is 51.8 Å². The molecule has 2 aromatic heterocycles. The number of piperidine rings is 1. The quantitative estimate of drug-likeness (QED) is 0.701. The first kappa shape index (κ1) is 17.1. The number of ether oxygens (including phenoxy) is 2. The number of likely N-dealkylation sites (tertiary alicyclic amines) is 1. The number of nitrogens with one attached hydrogen (secondary N) is 1. The molecule has 0 aliphatic carbocycles. The topological polar surface area (TPSA) is 73.3 Å². The van der Waals surface area contributed by atoms with E-state index < -0.39 is 5.79 Å². The second kappa shape index (κ2) is 6.52. The van der Waals surface area contributed by atoms with Gasteiger partial charge in [0.1, 0.15) is 17.0 Å². The Morgan fingerprint density at radius 2 is 1.89 bits per heavy atom. The predicted molar refractivity (Wildman–Crippen MR) is 95.3 cm³/mol. The number of aromatic nitrogens is 3. The van der Waals surface area contributed by atoms with Crippen molar-refractivity contribution < 1.29 is 23.9 Å². The third-order valence-corrected chi connectivity index (χ3v) is 6.58. The number of thiazole rings is 1. The predicted octanol–water partition coefficient (Wildman–Crippen LogP) is 1.15. The van der Waals surface area contributed by atoms with Gasteiger partial charge in [0.15, 0.2) is 11.8 Å². The van der Waals surface area contributed by atoms with Crippen LogP contribution in [0.3, 0.4) is 0 Å². The largest absolute Gasteiger partial charge is 0.492 e. The fourth-order valence-electron chi connectivity index (χ4n) is 4.14. The van der Waals surface area contributed by atoms with Crippen LogP contribution in [0.5, 0.6) is 5.88 Å². The molecule has 2 N–H and O–H groups in total. The van der Waals surface area contributed by atoms with Gasteiger partial charge in [0.2, 0.25) is 10.8 Å². The molecule has 4 heterocycles. The summed E-state index contributed by atoms with van der Waals surface area (Å²) in [5, 5.41) is 14.8. The van der Waals surface area contributed by atoms with Gasteiger partial charge in [-0.3, -0.25) is 0 Å². The number of benzene rings is 1. The first-order chi connectivity index (χ1) is 13.2. The van der Waals surface area contributed by atoms with E-state index in [0.29, 0.717) is 18.2 Å². The lowest BCUT2D eigenvalue weighted by Gasteiger charge is -2.38. The molecule has 2 saturated heterocycles. The maximum Gasteiger partial charge on any atom is 0.235 e. The number of hydrogen-bond acceptors (Lipinski definition) is 6. The highest BCUT2D eigenvalue weighted by Crippen LogP contribution is 2.36. The molecule has 1 spiro atoms. The smallest absolute Gasteiger partial charge is 0.235 e. The van der Waals surface area contributed by atoms with Crippen LogP contribution < -0.4 is 4.90 Å². The van der Waals surface area contributed by atoms with Gasteiger partial charge in [-0.2, -0.15) is 9.61 Å². The number of nitrogens with zero attached hydrogens (tertiary/aromatic N) is 3. The van der Waals surface area contributed by atoms with E-state index >= 15 is 0 Å². The van der Waals surface area contributed by atoms with Gasteiger partial charge in [0.25, 0.3) is 0 Å². The summed E-state index contributed by atoms with van der Waals surface area (Å²) in [7, 11) is 0. The lowest BCUT2D eigenvalue weighted by atomic mass is 9.97. The highest BCUT2D eigenvalue weighted by Gasteiger charge is 2.44. The minimum absolute atomic E-state index is 0.1000. The van der Waals surface area contributed by atoms with Gasteiger partial charge < -0.3 is 19.5 Å². The first-order valence-corrected chi connectivity index (χ1v) is 9.86. The Hall–Kier alpha value is -2.07. The molecular formula is C18H20FN4O3S+. The van der Waals surface area contributed by atoms with Crippen molar-refractivity contribution in [1.29, 1.82) is 0 Å². The molecule has 5 rings (SSSR count). The molecule has 27 heavy (non-hydrogen) atoms. The summed E-state index contributed by atoms with van der Waals surface area (Å²) >= 11 is 1.42. The third kappa shape index (κ3) is 2.91. The summed E-state index contributed by atoms with van der Waals surface area (Å²) in [5.41, 5.74) is 0.954. The normalized spacial score (nSPS) is 21.2. The molecule has 1 aromatic carbocycles. The summed E-state index contributed by atoms with van der Waals surface area (Å²) in [5.74, 6) is -0.627. The molecule has 7 nitrogen and oxygen atoms in total. The fraction of sp³-hybridized carbons (Fsp3) is 0.444. The Kier molecular flexibility index (Phi) is 4.12. The van der Waals surface area contributed by atoms with Gasteiger partial charge in [0.05, 0.1) is 39.1 Å². The summed E-state index contributed by atoms with van der Waals surface area (Å²) in [6.45, 7) is 2.95. The molecule has 2 aliphatic rings. The molecule has 0 bridgehead atoms. The maximum absolute atomic E-state index is 13.5. The number of fused-ring (bicyclic) bond motifs is 1. The Balaban J connectivity index is 1.51. The number of hydrogen-bond donors (Lipinski definition) is 2. The van der Waals surface area contributed by atoms with E-state index in [1.807, 2.05) is 0 Å². The minimum Gasteiger partial charge on any atom is -0.492 e. The molecule has 3 aromatic rings. The summed E-state index contributed by atoms with van der Waals surface area (Å²) in [6.07, 6.45) is 3.01. The van der Waals surface area contributed by atoms with Crippen molar-refractivity contribution in [3.63, 3.8) is 0 Å². The minimum atomic E-state index is -0.454. The van der Waals surface area contributed by atoms with Crippen molar-refractivity contribution in [3.05, 3.63) is 46.9 Å². The van der Waals surface area contributed by atoms with Crippen molar-refractivity contribution in [3.8, 4) is 5.88 Å². The van der Waals surface area contributed by atoms with Crippen LogP contribution in [0.15, 0.2) is 30.6 Å². The fourth-order valence-corrected chi connectivity index (χ4v) is 5.25. The second-order valence-electron chi connectivity index (χ2n) is 6.99. The Morgan fingerprint density at radius 3 is 2.56 bits per heavy atom. The standard InChI is InChI=1S/C18H19FN4O3S/c19-13-3-1-12(2-4-13)14(15-16(24)23-17(27-15)20-11-21-23)22-7-5-18(6-8-22)25-9-10-26-18/h1-4,11,14,24H,5-10H2/p+1/t14-/m1/s1. The van der Waals surface area contributed by atoms with E-state index in [1.165, 1.54) is 39.2 Å². The summed E-state index contributed by atoms with van der Waals surface area (Å²) in [4.78, 5) is 6.91. The zero-order valence-corrected chi connectivity index (χ0v) is 15.4. The molecule has 142 valence electrons. The molecule has 2 fully saturated rings. The van der Waals surface area contributed by atoms with Crippen LogP contribution in [-0.2, 0) is 9.47 Å². The Labute approximate surface area is 159 Å². The van der Waals surface area contributed by atoms with Gasteiger partial charge in [-0.05, 0) is 24.3 Å². The van der Waals surface area contributed by atoms with Crippen molar-refractivity contribution in [2.45, 2.75) is 24.7 Å². The molecule has 2 aliphatic heterocycles. The van der Waals surface area contributed by atoms with Crippen molar-refractivity contribution in [2.24, 2.45) is 0 Å². The summed E-state index contributed by atoms with van der Waals surface area (Å²) in [6, 6.07) is 6.37. The monoisotopic (exact) mass is 391 g/mol. The van der Waals surface area contributed by atoms with E-state index in [2.05, 4.69) is 10.1 Å². The maximum atomic E-state index is 13.5. The Bertz CT molecular complexity index is 941. The lowest BCUT2D eigenvalue weighted by Crippen LogP contribution is -3.14. The van der Waals surface area contributed by atoms with E-state index in [-0.39, 0.29) is 17.7 Å². The lowest BCUT2D eigenvalue weighted by molar-refractivity contribution is -0.933. The zero-order valence-electron chi connectivity index (χ0n) is 14.6. The SMILES string of the molecule is Oc1c([C@@H](c2ccc(F)cc2)[NH+]2CCC3(CC2)OCCO3)sc2ncnn12. The number of quaternary nitrogens is 1. The number of aromatic hydroxyl groups is 1. The summed E-state index contributed by atoms with van der Waals surface area (Å²) < 4.78 is 26.6. The molecule has 9 heteroatoms. The van der Waals surface area contributed by atoms with E-state index in [1.54, 1.807) is 12.1 Å². The first-order valence-electron chi connectivity index (χ1n) is 9.05.